The Balaban J connectivity index is 2.33. The molecular formula is C28H50O5S. The number of rotatable bonds is 21. The molecule has 0 spiro atoms. The van der Waals surface area contributed by atoms with Gasteiger partial charge in [0.1, 0.15) is 0 Å². The molecule has 198 valence electrons. The van der Waals surface area contributed by atoms with Gasteiger partial charge in [-0.25, -0.2) is 0 Å². The molecule has 0 aromatic heterocycles. The van der Waals surface area contributed by atoms with Gasteiger partial charge < -0.3 is 15.3 Å². The van der Waals surface area contributed by atoms with Crippen molar-refractivity contribution in [3.63, 3.8) is 0 Å². The van der Waals surface area contributed by atoms with Gasteiger partial charge in [0.25, 0.3) is 0 Å². The molecule has 0 aromatic carbocycles. The Morgan fingerprint density at radius 2 is 1.44 bits per heavy atom. The number of thioether (sulfide) groups is 1. The van der Waals surface area contributed by atoms with E-state index in [4.69, 9.17) is 10.2 Å². The highest BCUT2D eigenvalue weighted by Gasteiger charge is 2.35. The number of unbranched alkanes of at least 4 members (excludes halogenated alkanes) is 13. The summed E-state index contributed by atoms with van der Waals surface area (Å²) in [5.74, 6) is -1.40. The first-order chi connectivity index (χ1) is 16.5. The zero-order chi connectivity index (χ0) is 25.0. The van der Waals surface area contributed by atoms with Crippen LogP contribution in [0.25, 0.3) is 0 Å². The molecule has 34 heavy (non-hydrogen) atoms. The summed E-state index contributed by atoms with van der Waals surface area (Å²) in [7, 11) is 0. The van der Waals surface area contributed by atoms with Gasteiger partial charge in [0.15, 0.2) is 0 Å². The molecule has 6 heteroatoms. The third kappa shape index (κ3) is 15.1. The fraction of sp³-hybridized carbons (Fsp3) is 0.857. The van der Waals surface area contributed by atoms with Crippen LogP contribution in [0.2, 0.25) is 0 Å². The first kappa shape index (κ1) is 31.0. The van der Waals surface area contributed by atoms with Crippen LogP contribution in [0.5, 0.6) is 0 Å². The fourth-order valence-corrected chi connectivity index (χ4v) is 6.16. The predicted molar refractivity (Wildman–Crippen MR) is 142 cm³/mol. The predicted octanol–water partition coefficient (Wildman–Crippen LogP) is 7.61. The summed E-state index contributed by atoms with van der Waals surface area (Å²) < 4.78 is 0. The normalized spacial score (nSPS) is 21.7. The largest absolute Gasteiger partial charge is 0.481 e. The van der Waals surface area contributed by atoms with Crippen molar-refractivity contribution >= 4 is 23.7 Å². The van der Waals surface area contributed by atoms with Crippen LogP contribution in [0.15, 0.2) is 11.6 Å². The maximum Gasteiger partial charge on any atom is 0.313 e. The molecule has 1 saturated carbocycles. The number of aliphatic hydroxyl groups is 1. The number of aliphatic carboxylic acids is 2. The number of hydrogen-bond acceptors (Lipinski definition) is 4. The minimum Gasteiger partial charge on any atom is -0.481 e. The van der Waals surface area contributed by atoms with E-state index in [0.29, 0.717) is 6.42 Å². The van der Waals surface area contributed by atoms with Gasteiger partial charge in [-0.3, -0.25) is 9.59 Å². The quantitative estimate of drug-likeness (QED) is 0.111. The van der Waals surface area contributed by atoms with Crippen molar-refractivity contribution < 1.29 is 24.9 Å². The maximum atomic E-state index is 11.1. The highest BCUT2D eigenvalue weighted by atomic mass is 32.2. The van der Waals surface area contributed by atoms with E-state index in [1.165, 1.54) is 88.0 Å². The topological polar surface area (TPSA) is 94.8 Å². The SMILES string of the molecule is CCCCCCCCCCCCC/C=C1\CC[C@H](CCCCCC(=O)O)[C@@H](O)[C@@H]1SCC(=O)O. The second-order valence-corrected chi connectivity index (χ2v) is 11.1. The van der Waals surface area contributed by atoms with Gasteiger partial charge in [-0.05, 0) is 44.4 Å². The van der Waals surface area contributed by atoms with E-state index < -0.39 is 18.0 Å². The molecule has 0 unspecified atom stereocenters. The van der Waals surface area contributed by atoms with Gasteiger partial charge in [-0.2, -0.15) is 0 Å². The molecule has 0 bridgehead atoms. The lowest BCUT2D eigenvalue weighted by molar-refractivity contribution is -0.137. The molecule has 0 saturated heterocycles. The van der Waals surface area contributed by atoms with E-state index in [-0.39, 0.29) is 23.3 Å². The highest BCUT2D eigenvalue weighted by Crippen LogP contribution is 2.39. The van der Waals surface area contributed by atoms with Gasteiger partial charge >= 0.3 is 11.9 Å². The Kier molecular flexibility index (Phi) is 18.4. The molecule has 5 nitrogen and oxygen atoms in total. The summed E-state index contributed by atoms with van der Waals surface area (Å²) >= 11 is 1.36. The average molecular weight is 499 g/mol. The summed E-state index contributed by atoms with van der Waals surface area (Å²) in [5, 5.41) is 28.8. The lowest BCUT2D eigenvalue weighted by Gasteiger charge is -2.36. The minimum absolute atomic E-state index is 0.0167. The van der Waals surface area contributed by atoms with Crippen LogP contribution in [0.1, 0.15) is 129 Å². The van der Waals surface area contributed by atoms with Gasteiger partial charge in [0.05, 0.1) is 17.1 Å². The maximum absolute atomic E-state index is 11.1. The molecule has 1 aliphatic carbocycles. The van der Waals surface area contributed by atoms with E-state index in [1.54, 1.807) is 0 Å². The summed E-state index contributed by atoms with van der Waals surface area (Å²) in [6.07, 6.45) is 22.8. The van der Waals surface area contributed by atoms with Crippen LogP contribution in [-0.2, 0) is 9.59 Å². The third-order valence-electron chi connectivity index (χ3n) is 7.03. The van der Waals surface area contributed by atoms with Crippen molar-refractivity contribution in [2.24, 2.45) is 5.92 Å². The van der Waals surface area contributed by atoms with E-state index in [0.717, 1.165) is 38.5 Å². The fourth-order valence-electron chi connectivity index (χ4n) is 4.99. The van der Waals surface area contributed by atoms with E-state index >= 15 is 0 Å². The Hall–Kier alpha value is -1.01. The molecule has 3 atom stereocenters. The van der Waals surface area contributed by atoms with Crippen LogP contribution >= 0.6 is 11.8 Å². The summed E-state index contributed by atoms with van der Waals surface area (Å²) in [5.41, 5.74) is 1.23. The van der Waals surface area contributed by atoms with Gasteiger partial charge in [-0.1, -0.05) is 95.6 Å². The Morgan fingerprint density at radius 3 is 2.03 bits per heavy atom. The molecule has 0 aromatic rings. The van der Waals surface area contributed by atoms with Gasteiger partial charge in [-0.15, -0.1) is 11.8 Å². The second kappa shape index (κ2) is 20.2. The zero-order valence-electron chi connectivity index (χ0n) is 21.5. The van der Waals surface area contributed by atoms with Crippen LogP contribution in [0.4, 0.5) is 0 Å². The van der Waals surface area contributed by atoms with Crippen LogP contribution in [0.3, 0.4) is 0 Å². The summed E-state index contributed by atoms with van der Waals surface area (Å²) in [4.78, 5) is 21.8. The average Bonchev–Trinajstić information content (AvgIpc) is 2.79. The van der Waals surface area contributed by atoms with Crippen molar-refractivity contribution in [3.05, 3.63) is 11.6 Å². The van der Waals surface area contributed by atoms with E-state index in [1.807, 2.05) is 0 Å². The monoisotopic (exact) mass is 498 g/mol. The number of carboxylic acids is 2. The highest BCUT2D eigenvalue weighted by molar-refractivity contribution is 8.00. The standard InChI is InChI=1S/C28H50O5S/c1-2-3-4-5-6-7-8-9-10-11-12-14-18-24-21-20-23(17-15-13-16-19-25(29)30)27(33)28(24)34-22-26(31)32/h18,23,27-28,33H,2-17,19-22H2,1H3,(H,29,30)(H,31,32)/b24-18+/t23-,27+,28+/m0/s1. The minimum atomic E-state index is -0.835. The molecule has 3 N–H and O–H groups in total. The second-order valence-electron chi connectivity index (χ2n) is 10.0. The van der Waals surface area contributed by atoms with E-state index in [9.17, 15) is 14.7 Å². The molecule has 0 aliphatic heterocycles. The molecule has 1 fully saturated rings. The van der Waals surface area contributed by atoms with Crippen molar-refractivity contribution in [2.45, 2.75) is 140 Å². The van der Waals surface area contributed by atoms with Gasteiger partial charge in [0.2, 0.25) is 0 Å². The first-order valence-electron chi connectivity index (χ1n) is 13.9. The number of carboxylic acid groups (broad SMARTS) is 2. The Morgan fingerprint density at radius 1 is 0.853 bits per heavy atom. The molecular weight excluding hydrogens is 448 g/mol. The molecule has 1 aliphatic rings. The van der Waals surface area contributed by atoms with Crippen molar-refractivity contribution in [3.8, 4) is 0 Å². The Bertz CT molecular complexity index is 577. The first-order valence-corrected chi connectivity index (χ1v) is 14.9. The van der Waals surface area contributed by atoms with Crippen molar-refractivity contribution in [2.75, 3.05) is 5.75 Å². The smallest absolute Gasteiger partial charge is 0.313 e. The van der Waals surface area contributed by atoms with Crippen molar-refractivity contribution in [1.82, 2.24) is 0 Å². The Labute approximate surface area is 212 Å². The molecule has 0 radical (unpaired) electrons. The number of aliphatic hydroxyl groups excluding tert-OH is 1. The summed E-state index contributed by atoms with van der Waals surface area (Å²) in [6.45, 7) is 2.26. The molecule has 1 rings (SSSR count). The van der Waals surface area contributed by atoms with E-state index in [2.05, 4.69) is 13.0 Å². The van der Waals surface area contributed by atoms with Crippen LogP contribution in [-0.4, -0.2) is 44.4 Å². The lowest BCUT2D eigenvalue weighted by Crippen LogP contribution is -2.37. The lowest BCUT2D eigenvalue weighted by atomic mass is 9.79. The number of hydrogen-bond donors (Lipinski definition) is 3. The number of allylic oxidation sites excluding steroid dienone is 1. The zero-order valence-corrected chi connectivity index (χ0v) is 22.3. The molecule has 0 amide bonds. The third-order valence-corrected chi connectivity index (χ3v) is 8.38. The summed E-state index contributed by atoms with van der Waals surface area (Å²) in [6, 6.07) is 0. The van der Waals surface area contributed by atoms with Crippen LogP contribution in [0, 0.1) is 5.92 Å². The molecule has 0 heterocycles. The van der Waals surface area contributed by atoms with Crippen molar-refractivity contribution in [1.29, 1.82) is 0 Å². The van der Waals surface area contributed by atoms with Gasteiger partial charge in [0, 0.05) is 6.42 Å². The van der Waals surface area contributed by atoms with Crippen LogP contribution < -0.4 is 0 Å². The number of carbonyl (C=O) groups is 2.